The van der Waals surface area contributed by atoms with Crippen LogP contribution in [0.1, 0.15) is 15.2 Å². The highest BCUT2D eigenvalue weighted by Crippen LogP contribution is 2.34. The number of aromatic nitrogens is 1. The summed E-state index contributed by atoms with van der Waals surface area (Å²) in [5, 5.41) is 27.3. The van der Waals surface area contributed by atoms with Crippen LogP contribution in [-0.2, 0) is 0 Å². The fraction of sp³-hybridized carbons (Fsp3) is 0.0500. The van der Waals surface area contributed by atoms with E-state index in [4.69, 9.17) is 4.74 Å². The smallest absolute Gasteiger partial charge is 0.324 e. The average molecular weight is 483 g/mol. The second kappa shape index (κ2) is 9.10. The maximum atomic E-state index is 13.2. The maximum Gasteiger partial charge on any atom is 0.324 e. The largest absolute Gasteiger partial charge is 0.497 e. The van der Waals surface area contributed by atoms with Crippen LogP contribution < -0.4 is 9.75 Å². The highest BCUT2D eigenvalue weighted by molar-refractivity contribution is 7.22. The quantitative estimate of drug-likeness (QED) is 0.207. The first-order valence-electron chi connectivity index (χ1n) is 9.17. The van der Waals surface area contributed by atoms with Crippen LogP contribution in [0.4, 0.5) is 15.8 Å². The van der Waals surface area contributed by atoms with Gasteiger partial charge in [-0.1, -0.05) is 22.7 Å². The van der Waals surface area contributed by atoms with E-state index >= 15 is 0 Å². The molecule has 33 heavy (non-hydrogen) atoms. The Morgan fingerprint density at radius 3 is 2.45 bits per heavy atom. The summed E-state index contributed by atoms with van der Waals surface area (Å²) in [6.07, 6.45) is 1.36. The van der Waals surface area contributed by atoms with Gasteiger partial charge in [0.15, 0.2) is 0 Å². The summed E-state index contributed by atoms with van der Waals surface area (Å²) >= 11 is 1.92. The first kappa shape index (κ1) is 22.0. The fourth-order valence-corrected chi connectivity index (χ4v) is 4.45. The van der Waals surface area contributed by atoms with Crippen molar-refractivity contribution < 1.29 is 19.4 Å². The number of nitro benzene ring substituents is 1. The number of thiophene rings is 1. The van der Waals surface area contributed by atoms with Crippen molar-refractivity contribution >= 4 is 60.8 Å². The molecule has 0 N–H and O–H groups in total. The number of methoxy groups -OCH3 is 1. The standard InChI is InChI=1S/C20H13N5O6S2/c1-31-14-6-7-15-17(10-14)33-20(22-15)23(19(26)16-8-9-18(32-16)25(29)30)21-11-12-2-4-13(5-3-12)24(27)28/h2-11H,1H3/b21-11+. The molecule has 0 aliphatic carbocycles. The number of anilines is 1. The van der Waals surface area contributed by atoms with E-state index in [1.54, 1.807) is 18.2 Å². The highest BCUT2D eigenvalue weighted by atomic mass is 32.1. The molecule has 166 valence electrons. The van der Waals surface area contributed by atoms with Crippen LogP contribution in [0.5, 0.6) is 5.75 Å². The van der Waals surface area contributed by atoms with Crippen molar-refractivity contribution in [2.45, 2.75) is 0 Å². The van der Waals surface area contributed by atoms with Crippen molar-refractivity contribution in [2.75, 3.05) is 12.1 Å². The number of nitrogens with zero attached hydrogens (tertiary/aromatic N) is 5. The molecule has 0 spiro atoms. The lowest BCUT2D eigenvalue weighted by atomic mass is 10.2. The van der Waals surface area contributed by atoms with E-state index in [0.717, 1.165) is 21.0 Å². The molecule has 0 aliphatic heterocycles. The van der Waals surface area contributed by atoms with Crippen LogP contribution in [-0.4, -0.2) is 34.1 Å². The monoisotopic (exact) mass is 483 g/mol. The Balaban J connectivity index is 1.73. The van der Waals surface area contributed by atoms with Gasteiger partial charge in [0.1, 0.15) is 10.6 Å². The maximum absolute atomic E-state index is 13.2. The third kappa shape index (κ3) is 4.68. The fourth-order valence-electron chi connectivity index (χ4n) is 2.75. The van der Waals surface area contributed by atoms with Crippen LogP contribution in [0.15, 0.2) is 59.7 Å². The number of benzene rings is 2. The first-order chi connectivity index (χ1) is 15.9. The van der Waals surface area contributed by atoms with Gasteiger partial charge in [-0.05, 0) is 42.0 Å². The second-order valence-corrected chi connectivity index (χ2v) is 8.51. The zero-order chi connectivity index (χ0) is 23.5. The number of hydrazone groups is 1. The molecule has 0 fully saturated rings. The Bertz CT molecular complexity index is 1400. The molecular weight excluding hydrogens is 470 g/mol. The Morgan fingerprint density at radius 1 is 1.06 bits per heavy atom. The first-order valence-corrected chi connectivity index (χ1v) is 10.8. The van der Waals surface area contributed by atoms with E-state index in [0.29, 0.717) is 16.8 Å². The molecule has 4 rings (SSSR count). The van der Waals surface area contributed by atoms with Gasteiger partial charge in [0.2, 0.25) is 5.13 Å². The Hall–Kier alpha value is -4.23. The van der Waals surface area contributed by atoms with Crippen LogP contribution in [0, 0.1) is 20.2 Å². The summed E-state index contributed by atoms with van der Waals surface area (Å²) in [7, 11) is 1.54. The zero-order valence-electron chi connectivity index (χ0n) is 16.8. The molecule has 11 nitrogen and oxygen atoms in total. The van der Waals surface area contributed by atoms with E-state index in [1.807, 2.05) is 0 Å². The molecule has 2 aromatic carbocycles. The molecule has 0 saturated carbocycles. The summed E-state index contributed by atoms with van der Waals surface area (Å²) in [5.41, 5.74) is 1.06. The number of ether oxygens (including phenoxy) is 1. The predicted molar refractivity (Wildman–Crippen MR) is 125 cm³/mol. The van der Waals surface area contributed by atoms with Crippen molar-refractivity contribution in [1.82, 2.24) is 4.98 Å². The minimum absolute atomic E-state index is 0.0777. The van der Waals surface area contributed by atoms with Gasteiger partial charge in [-0.2, -0.15) is 10.1 Å². The Labute approximate surface area is 193 Å². The van der Waals surface area contributed by atoms with Gasteiger partial charge in [-0.15, -0.1) is 0 Å². The summed E-state index contributed by atoms with van der Waals surface area (Å²) in [5.74, 6) is 0.0242. The lowest BCUT2D eigenvalue weighted by molar-refractivity contribution is -0.384. The number of thiazole rings is 1. The topological polar surface area (TPSA) is 141 Å². The number of amides is 1. The minimum Gasteiger partial charge on any atom is -0.497 e. The molecular formula is C20H13N5O6S2. The summed E-state index contributed by atoms with van der Waals surface area (Å²) in [4.78, 5) is 38.6. The van der Waals surface area contributed by atoms with Crippen molar-refractivity contribution in [3.8, 4) is 5.75 Å². The number of rotatable bonds is 7. The van der Waals surface area contributed by atoms with Crippen LogP contribution in [0.3, 0.4) is 0 Å². The van der Waals surface area contributed by atoms with E-state index in [2.05, 4.69) is 10.1 Å². The SMILES string of the molecule is COc1ccc2nc(N(/N=C/c3ccc([N+](=O)[O-])cc3)C(=O)c3ccc([N+](=O)[O-])s3)sc2c1. The highest BCUT2D eigenvalue weighted by Gasteiger charge is 2.24. The summed E-state index contributed by atoms with van der Waals surface area (Å²) in [6, 6.07) is 13.5. The third-order valence-corrected chi connectivity index (χ3v) is 6.39. The number of fused-ring (bicyclic) bond motifs is 1. The molecule has 2 aromatic heterocycles. The van der Waals surface area contributed by atoms with E-state index < -0.39 is 15.8 Å². The average Bonchev–Trinajstić information content (AvgIpc) is 3.46. The van der Waals surface area contributed by atoms with Gasteiger partial charge in [0.05, 0.1) is 33.4 Å². The number of carbonyl (C=O) groups excluding carboxylic acids is 1. The van der Waals surface area contributed by atoms with E-state index in [9.17, 15) is 25.0 Å². The molecule has 2 heterocycles. The number of non-ortho nitro benzene ring substituents is 1. The van der Waals surface area contributed by atoms with E-state index in [1.165, 1.54) is 61.1 Å². The molecule has 0 aliphatic rings. The van der Waals surface area contributed by atoms with Gasteiger partial charge in [-0.3, -0.25) is 25.0 Å². The normalized spacial score (nSPS) is 11.1. The molecule has 13 heteroatoms. The lowest BCUT2D eigenvalue weighted by Crippen LogP contribution is -2.24. The number of nitro groups is 2. The second-order valence-electron chi connectivity index (χ2n) is 6.44. The van der Waals surface area contributed by atoms with Gasteiger partial charge in [0.25, 0.3) is 11.6 Å². The van der Waals surface area contributed by atoms with Gasteiger partial charge in [0, 0.05) is 18.2 Å². The Kier molecular flexibility index (Phi) is 6.06. The molecule has 0 radical (unpaired) electrons. The molecule has 1 amide bonds. The van der Waals surface area contributed by atoms with Gasteiger partial charge < -0.3 is 4.74 Å². The van der Waals surface area contributed by atoms with Crippen molar-refractivity contribution in [2.24, 2.45) is 5.10 Å². The number of carbonyl (C=O) groups is 1. The third-order valence-electron chi connectivity index (χ3n) is 4.37. The molecule has 0 unspecified atom stereocenters. The van der Waals surface area contributed by atoms with Crippen molar-refractivity contribution in [3.05, 3.63) is 85.3 Å². The zero-order valence-corrected chi connectivity index (χ0v) is 18.4. The summed E-state index contributed by atoms with van der Waals surface area (Å²) in [6.45, 7) is 0. The van der Waals surface area contributed by atoms with Crippen molar-refractivity contribution in [3.63, 3.8) is 0 Å². The van der Waals surface area contributed by atoms with E-state index in [-0.39, 0.29) is 20.7 Å². The Morgan fingerprint density at radius 2 is 1.82 bits per heavy atom. The number of hydrogen-bond acceptors (Lipinski definition) is 10. The van der Waals surface area contributed by atoms with Crippen molar-refractivity contribution in [1.29, 1.82) is 0 Å². The predicted octanol–water partition coefficient (Wildman–Crippen LogP) is 4.86. The lowest BCUT2D eigenvalue weighted by Gasteiger charge is -2.12. The minimum atomic E-state index is -0.600. The molecule has 0 saturated heterocycles. The van der Waals surface area contributed by atoms with Gasteiger partial charge in [-0.25, -0.2) is 4.98 Å². The van der Waals surface area contributed by atoms with Crippen LogP contribution in [0.25, 0.3) is 10.2 Å². The number of hydrogen-bond donors (Lipinski definition) is 0. The molecule has 0 atom stereocenters. The van der Waals surface area contributed by atoms with Crippen LogP contribution in [0.2, 0.25) is 0 Å². The summed E-state index contributed by atoms with van der Waals surface area (Å²) < 4.78 is 5.98. The van der Waals surface area contributed by atoms with Gasteiger partial charge >= 0.3 is 5.00 Å². The van der Waals surface area contributed by atoms with Crippen LogP contribution >= 0.6 is 22.7 Å². The molecule has 4 aromatic rings. The molecule has 0 bridgehead atoms.